The standard InChI is InChI=1S/C23H30N6O2S2/c1-27(2)22-20-15(32-17(25-20)7-8-18(30)28-9-3-4-10-28)13-16-21(22)26-23(33-16)24-14-19(31)29-11-5-6-12-29/h13H,3-12,14H2,1-2H3,(H,24,26). The van der Waals surface area contributed by atoms with Crippen molar-refractivity contribution >= 4 is 65.7 Å². The first-order chi connectivity index (χ1) is 16.0. The Hall–Kier alpha value is -2.46. The summed E-state index contributed by atoms with van der Waals surface area (Å²) in [7, 11) is 4.01. The number of aryl methyl sites for hydroxylation is 1. The molecule has 0 atom stereocenters. The predicted molar refractivity (Wildman–Crippen MR) is 136 cm³/mol. The van der Waals surface area contributed by atoms with Crippen molar-refractivity contribution in [2.45, 2.75) is 38.5 Å². The highest BCUT2D eigenvalue weighted by molar-refractivity contribution is 7.23. The topological polar surface area (TPSA) is 81.7 Å². The van der Waals surface area contributed by atoms with Crippen LogP contribution in [0.15, 0.2) is 6.07 Å². The molecule has 33 heavy (non-hydrogen) atoms. The highest BCUT2D eigenvalue weighted by Gasteiger charge is 2.22. The Morgan fingerprint density at radius 2 is 1.55 bits per heavy atom. The molecule has 0 bridgehead atoms. The number of thiazole rings is 2. The zero-order valence-corrected chi connectivity index (χ0v) is 20.9. The highest BCUT2D eigenvalue weighted by atomic mass is 32.1. The van der Waals surface area contributed by atoms with E-state index in [9.17, 15) is 9.59 Å². The number of anilines is 2. The van der Waals surface area contributed by atoms with Crippen LogP contribution in [-0.4, -0.2) is 78.4 Å². The number of amides is 2. The Bertz CT molecular complexity index is 1090. The lowest BCUT2D eigenvalue weighted by Crippen LogP contribution is -2.32. The van der Waals surface area contributed by atoms with Crippen molar-refractivity contribution in [1.82, 2.24) is 19.8 Å². The summed E-state index contributed by atoms with van der Waals surface area (Å²) in [5.74, 6) is 0.372. The molecular formula is C23H30N6O2S2. The minimum Gasteiger partial charge on any atom is -0.374 e. The molecule has 0 spiro atoms. The third-order valence-electron chi connectivity index (χ3n) is 6.37. The van der Waals surface area contributed by atoms with E-state index in [4.69, 9.17) is 9.97 Å². The molecule has 0 aliphatic carbocycles. The molecule has 2 saturated heterocycles. The number of fused-ring (bicyclic) bond motifs is 2. The molecule has 0 unspecified atom stereocenters. The Balaban J connectivity index is 1.35. The van der Waals surface area contributed by atoms with Crippen LogP contribution < -0.4 is 10.2 Å². The summed E-state index contributed by atoms with van der Waals surface area (Å²) in [4.78, 5) is 40.5. The molecule has 2 fully saturated rings. The summed E-state index contributed by atoms with van der Waals surface area (Å²) in [6, 6.07) is 2.15. The maximum Gasteiger partial charge on any atom is 0.241 e. The van der Waals surface area contributed by atoms with Gasteiger partial charge in [0.1, 0.15) is 11.0 Å². The molecule has 1 aromatic carbocycles. The second-order valence-electron chi connectivity index (χ2n) is 8.97. The van der Waals surface area contributed by atoms with Crippen molar-refractivity contribution in [3.8, 4) is 0 Å². The minimum atomic E-state index is 0.135. The molecule has 1 N–H and O–H groups in total. The molecule has 2 amide bonds. The average Bonchev–Trinajstić information content (AvgIpc) is 3.59. The number of nitrogens with one attached hydrogen (secondary N) is 1. The number of carbonyl (C=O) groups is 2. The van der Waals surface area contributed by atoms with Crippen molar-refractivity contribution in [2.24, 2.45) is 0 Å². The van der Waals surface area contributed by atoms with Crippen molar-refractivity contribution in [3.05, 3.63) is 11.1 Å². The predicted octanol–water partition coefficient (Wildman–Crippen LogP) is 3.56. The van der Waals surface area contributed by atoms with Crippen LogP contribution >= 0.6 is 22.7 Å². The van der Waals surface area contributed by atoms with Crippen molar-refractivity contribution in [2.75, 3.05) is 57.0 Å². The summed E-state index contributed by atoms with van der Waals surface area (Å²) in [5, 5.41) is 4.99. The third-order valence-corrected chi connectivity index (χ3v) is 8.39. The van der Waals surface area contributed by atoms with Gasteiger partial charge in [-0.25, -0.2) is 9.97 Å². The molecule has 0 radical (unpaired) electrons. The fourth-order valence-corrected chi connectivity index (χ4v) is 6.64. The monoisotopic (exact) mass is 486 g/mol. The van der Waals surface area contributed by atoms with Gasteiger partial charge >= 0.3 is 0 Å². The van der Waals surface area contributed by atoms with E-state index in [0.29, 0.717) is 12.8 Å². The molecule has 10 heteroatoms. The summed E-state index contributed by atoms with van der Waals surface area (Å²) >= 11 is 3.23. The summed E-state index contributed by atoms with van der Waals surface area (Å²) in [5.41, 5.74) is 2.83. The molecule has 4 heterocycles. The van der Waals surface area contributed by atoms with Gasteiger partial charge in [-0.05, 0) is 31.7 Å². The maximum absolute atomic E-state index is 12.4. The van der Waals surface area contributed by atoms with Gasteiger partial charge < -0.3 is 20.0 Å². The molecule has 3 aromatic rings. The van der Waals surface area contributed by atoms with E-state index >= 15 is 0 Å². The van der Waals surface area contributed by atoms with Gasteiger partial charge in [0, 0.05) is 53.1 Å². The summed E-state index contributed by atoms with van der Waals surface area (Å²) < 4.78 is 2.18. The quantitative estimate of drug-likeness (QED) is 0.550. The van der Waals surface area contributed by atoms with E-state index in [0.717, 1.165) is 88.1 Å². The first-order valence-electron chi connectivity index (χ1n) is 11.7. The molecule has 2 aromatic heterocycles. The van der Waals surface area contributed by atoms with Crippen molar-refractivity contribution in [3.63, 3.8) is 0 Å². The Morgan fingerprint density at radius 1 is 0.939 bits per heavy atom. The van der Waals surface area contributed by atoms with E-state index < -0.39 is 0 Å². The summed E-state index contributed by atoms with van der Waals surface area (Å²) in [6.45, 7) is 3.79. The molecule has 0 saturated carbocycles. The first-order valence-corrected chi connectivity index (χ1v) is 13.3. The maximum atomic E-state index is 12.4. The fraction of sp³-hybridized carbons (Fsp3) is 0.565. The first kappa shape index (κ1) is 22.3. The van der Waals surface area contributed by atoms with Crippen LogP contribution in [-0.2, 0) is 16.0 Å². The van der Waals surface area contributed by atoms with Crippen LogP contribution in [0.1, 0.15) is 37.1 Å². The molecule has 2 aliphatic heterocycles. The van der Waals surface area contributed by atoms with E-state index in [1.54, 1.807) is 22.7 Å². The van der Waals surface area contributed by atoms with Gasteiger partial charge in [0.25, 0.3) is 0 Å². The lowest BCUT2D eigenvalue weighted by Gasteiger charge is -2.15. The van der Waals surface area contributed by atoms with E-state index in [1.165, 1.54) is 0 Å². The van der Waals surface area contributed by atoms with Crippen LogP contribution in [0.5, 0.6) is 0 Å². The van der Waals surface area contributed by atoms with Crippen LogP contribution in [0.2, 0.25) is 0 Å². The number of likely N-dealkylation sites (tertiary alicyclic amines) is 2. The van der Waals surface area contributed by atoms with E-state index in [2.05, 4.69) is 16.3 Å². The number of carbonyl (C=O) groups excluding carboxylic acids is 2. The average molecular weight is 487 g/mol. The summed E-state index contributed by atoms with van der Waals surface area (Å²) in [6.07, 6.45) is 5.61. The highest BCUT2D eigenvalue weighted by Crippen LogP contribution is 2.40. The van der Waals surface area contributed by atoms with Crippen molar-refractivity contribution in [1.29, 1.82) is 0 Å². The van der Waals surface area contributed by atoms with Gasteiger partial charge in [0.15, 0.2) is 5.13 Å². The zero-order valence-electron chi connectivity index (χ0n) is 19.2. The van der Waals surface area contributed by atoms with Gasteiger partial charge in [-0.15, -0.1) is 11.3 Å². The van der Waals surface area contributed by atoms with Crippen LogP contribution in [0.4, 0.5) is 10.8 Å². The normalized spacial score (nSPS) is 16.3. The largest absolute Gasteiger partial charge is 0.374 e. The molecule has 176 valence electrons. The van der Waals surface area contributed by atoms with Gasteiger partial charge in [0.05, 0.1) is 26.6 Å². The van der Waals surface area contributed by atoms with Gasteiger partial charge in [0.2, 0.25) is 11.8 Å². The number of rotatable bonds is 7. The molecular weight excluding hydrogens is 456 g/mol. The van der Waals surface area contributed by atoms with E-state index in [-0.39, 0.29) is 18.4 Å². The Kier molecular flexibility index (Phi) is 6.38. The SMILES string of the molecule is CN(C)c1c2nc(CCC(=O)N3CCCC3)sc2cc2sc(NCC(=O)N3CCCC3)nc12. The molecule has 2 aliphatic rings. The van der Waals surface area contributed by atoms with Crippen LogP contribution in [0, 0.1) is 0 Å². The Labute approximate surface area is 201 Å². The molecule has 5 rings (SSSR count). The van der Waals surface area contributed by atoms with Crippen molar-refractivity contribution < 1.29 is 9.59 Å². The lowest BCUT2D eigenvalue weighted by molar-refractivity contribution is -0.130. The van der Waals surface area contributed by atoms with Crippen LogP contribution in [0.25, 0.3) is 20.4 Å². The number of nitrogens with zero attached hydrogens (tertiary/aromatic N) is 5. The molecule has 8 nitrogen and oxygen atoms in total. The third kappa shape index (κ3) is 4.63. The smallest absolute Gasteiger partial charge is 0.241 e. The number of hydrogen-bond acceptors (Lipinski definition) is 8. The zero-order chi connectivity index (χ0) is 22.9. The fourth-order valence-electron chi connectivity index (χ4n) is 4.65. The van der Waals surface area contributed by atoms with E-state index in [1.807, 2.05) is 23.9 Å². The second-order valence-corrected chi connectivity index (χ2v) is 11.1. The number of benzene rings is 1. The van der Waals surface area contributed by atoms with Gasteiger partial charge in [-0.2, -0.15) is 0 Å². The van der Waals surface area contributed by atoms with Gasteiger partial charge in [-0.3, -0.25) is 9.59 Å². The number of aromatic nitrogens is 2. The number of hydrogen-bond donors (Lipinski definition) is 1. The van der Waals surface area contributed by atoms with Gasteiger partial charge in [-0.1, -0.05) is 11.3 Å². The Morgan fingerprint density at radius 3 is 2.21 bits per heavy atom. The lowest BCUT2D eigenvalue weighted by atomic mass is 10.2. The second kappa shape index (κ2) is 9.42. The minimum absolute atomic E-state index is 0.135. The van der Waals surface area contributed by atoms with Crippen LogP contribution in [0.3, 0.4) is 0 Å².